The van der Waals surface area contributed by atoms with Gasteiger partial charge >= 0.3 is 0 Å². The third-order valence-electron chi connectivity index (χ3n) is 4.32. The van der Waals surface area contributed by atoms with Gasteiger partial charge in [0.1, 0.15) is 0 Å². The molecule has 1 aromatic rings. The fraction of sp³-hybridized carbons (Fsp3) is 0.750. The molecule has 0 aromatic carbocycles. The van der Waals surface area contributed by atoms with E-state index in [1.165, 1.54) is 12.8 Å². The fourth-order valence-corrected chi connectivity index (χ4v) is 3.09. The van der Waals surface area contributed by atoms with Crippen LogP contribution in [0.4, 0.5) is 5.82 Å². The first-order valence-corrected chi connectivity index (χ1v) is 7.63. The molecule has 4 nitrogen and oxygen atoms in total. The van der Waals surface area contributed by atoms with Crippen LogP contribution in [0.5, 0.6) is 0 Å². The molecule has 1 saturated carbocycles. The van der Waals surface area contributed by atoms with Crippen molar-refractivity contribution in [3.8, 4) is 0 Å². The van der Waals surface area contributed by atoms with Crippen molar-refractivity contribution in [3.05, 3.63) is 22.7 Å². The van der Waals surface area contributed by atoms with E-state index >= 15 is 0 Å². The van der Waals surface area contributed by atoms with Gasteiger partial charge in [-0.2, -0.15) is 0 Å². The summed E-state index contributed by atoms with van der Waals surface area (Å²) in [5.74, 6) is 1.87. The van der Waals surface area contributed by atoms with Gasteiger partial charge in [0.15, 0.2) is 5.82 Å². The van der Waals surface area contributed by atoms with Crippen LogP contribution in [0.25, 0.3) is 0 Å². The SMILES string of the molecule is CC1CCC(Nc2nccn(C(C)(C)C)c2=O)C(C)C1. The van der Waals surface area contributed by atoms with Crippen molar-refractivity contribution >= 4 is 5.82 Å². The number of nitrogens with one attached hydrogen (secondary N) is 1. The van der Waals surface area contributed by atoms with Crippen LogP contribution in [-0.2, 0) is 5.54 Å². The summed E-state index contributed by atoms with van der Waals surface area (Å²) in [6, 6.07) is 0.363. The predicted molar refractivity (Wildman–Crippen MR) is 83.1 cm³/mol. The number of rotatable bonds is 2. The number of aromatic nitrogens is 2. The van der Waals surface area contributed by atoms with Gasteiger partial charge < -0.3 is 9.88 Å². The van der Waals surface area contributed by atoms with E-state index in [1.807, 2.05) is 20.8 Å². The van der Waals surface area contributed by atoms with Crippen molar-refractivity contribution in [2.24, 2.45) is 11.8 Å². The number of nitrogens with zero attached hydrogens (tertiary/aromatic N) is 2. The Bertz CT molecular complexity index is 515. The van der Waals surface area contributed by atoms with E-state index in [-0.39, 0.29) is 11.1 Å². The van der Waals surface area contributed by atoms with Gasteiger partial charge in [0, 0.05) is 24.0 Å². The molecule has 2 rings (SSSR count). The third-order valence-corrected chi connectivity index (χ3v) is 4.32. The van der Waals surface area contributed by atoms with Gasteiger partial charge in [-0.05, 0) is 51.9 Å². The van der Waals surface area contributed by atoms with E-state index in [2.05, 4.69) is 24.1 Å². The second kappa shape index (κ2) is 5.58. The summed E-state index contributed by atoms with van der Waals surface area (Å²) in [7, 11) is 0. The van der Waals surface area contributed by atoms with Crippen molar-refractivity contribution in [3.63, 3.8) is 0 Å². The Balaban J connectivity index is 2.20. The molecular formula is C16H27N3O. The van der Waals surface area contributed by atoms with Gasteiger partial charge in [0.25, 0.3) is 5.56 Å². The van der Waals surface area contributed by atoms with Crippen LogP contribution < -0.4 is 10.9 Å². The zero-order valence-electron chi connectivity index (χ0n) is 13.3. The number of hydrogen-bond donors (Lipinski definition) is 1. The maximum atomic E-state index is 12.5. The zero-order valence-corrected chi connectivity index (χ0v) is 13.3. The molecule has 0 aliphatic heterocycles. The van der Waals surface area contributed by atoms with Crippen LogP contribution in [-0.4, -0.2) is 15.6 Å². The molecule has 0 amide bonds. The summed E-state index contributed by atoms with van der Waals surface area (Å²) < 4.78 is 1.75. The summed E-state index contributed by atoms with van der Waals surface area (Å²) in [5, 5.41) is 3.39. The Morgan fingerprint density at radius 1 is 1.30 bits per heavy atom. The standard InChI is InChI=1S/C16H27N3O/c1-11-6-7-13(12(2)10-11)18-14-15(20)19(9-8-17-14)16(3,4)5/h8-9,11-13H,6-7,10H2,1-5H3,(H,17,18). The number of hydrogen-bond acceptors (Lipinski definition) is 3. The number of anilines is 1. The Morgan fingerprint density at radius 2 is 2.00 bits per heavy atom. The van der Waals surface area contributed by atoms with Crippen molar-refractivity contribution in [2.45, 2.75) is 65.5 Å². The summed E-state index contributed by atoms with van der Waals surface area (Å²) in [6.45, 7) is 10.7. The topological polar surface area (TPSA) is 46.9 Å². The van der Waals surface area contributed by atoms with Gasteiger partial charge in [-0.3, -0.25) is 4.79 Å². The molecule has 1 aliphatic rings. The van der Waals surface area contributed by atoms with Crippen molar-refractivity contribution in [1.82, 2.24) is 9.55 Å². The lowest BCUT2D eigenvalue weighted by Crippen LogP contribution is -2.39. The van der Waals surface area contributed by atoms with Gasteiger partial charge in [-0.25, -0.2) is 4.98 Å². The minimum absolute atomic E-state index is 0.0224. The van der Waals surface area contributed by atoms with Crippen LogP contribution in [0.1, 0.15) is 53.9 Å². The second-order valence-electron chi connectivity index (χ2n) is 7.27. The Hall–Kier alpha value is -1.32. The molecule has 20 heavy (non-hydrogen) atoms. The van der Waals surface area contributed by atoms with Crippen LogP contribution >= 0.6 is 0 Å². The quantitative estimate of drug-likeness (QED) is 0.902. The van der Waals surface area contributed by atoms with Crippen LogP contribution in [0, 0.1) is 11.8 Å². The van der Waals surface area contributed by atoms with Gasteiger partial charge in [0.05, 0.1) is 0 Å². The average molecular weight is 277 g/mol. The third kappa shape index (κ3) is 3.22. The van der Waals surface area contributed by atoms with E-state index in [1.54, 1.807) is 17.0 Å². The van der Waals surface area contributed by atoms with Crippen molar-refractivity contribution in [1.29, 1.82) is 0 Å². The van der Waals surface area contributed by atoms with Crippen LogP contribution in [0.2, 0.25) is 0 Å². The van der Waals surface area contributed by atoms with Crippen molar-refractivity contribution < 1.29 is 0 Å². The molecule has 0 spiro atoms. The molecule has 0 bridgehead atoms. The van der Waals surface area contributed by atoms with Gasteiger partial charge in [0.2, 0.25) is 0 Å². The molecule has 0 saturated heterocycles. The molecule has 1 fully saturated rings. The summed E-state index contributed by atoms with van der Waals surface area (Å²) >= 11 is 0. The fourth-order valence-electron chi connectivity index (χ4n) is 3.09. The largest absolute Gasteiger partial charge is 0.362 e. The molecule has 1 aromatic heterocycles. The van der Waals surface area contributed by atoms with E-state index in [0.717, 1.165) is 12.3 Å². The monoisotopic (exact) mass is 277 g/mol. The van der Waals surface area contributed by atoms with E-state index in [4.69, 9.17) is 0 Å². The van der Waals surface area contributed by atoms with Crippen LogP contribution in [0.15, 0.2) is 17.2 Å². The Morgan fingerprint density at radius 3 is 2.60 bits per heavy atom. The predicted octanol–water partition coefficient (Wildman–Crippen LogP) is 3.23. The second-order valence-corrected chi connectivity index (χ2v) is 7.27. The summed E-state index contributed by atoms with van der Waals surface area (Å²) in [4.78, 5) is 16.8. The minimum Gasteiger partial charge on any atom is -0.362 e. The average Bonchev–Trinajstić information content (AvgIpc) is 2.33. The maximum Gasteiger partial charge on any atom is 0.293 e. The van der Waals surface area contributed by atoms with Crippen LogP contribution in [0.3, 0.4) is 0 Å². The molecule has 1 N–H and O–H groups in total. The lowest BCUT2D eigenvalue weighted by Gasteiger charge is -2.33. The normalized spacial score (nSPS) is 27.4. The minimum atomic E-state index is -0.219. The molecule has 0 radical (unpaired) electrons. The van der Waals surface area contributed by atoms with E-state index in [9.17, 15) is 4.79 Å². The van der Waals surface area contributed by atoms with E-state index < -0.39 is 0 Å². The van der Waals surface area contributed by atoms with Gasteiger partial charge in [-0.15, -0.1) is 0 Å². The first kappa shape index (κ1) is 15.1. The summed E-state index contributed by atoms with van der Waals surface area (Å²) in [5.41, 5.74) is -0.241. The smallest absolute Gasteiger partial charge is 0.293 e. The Labute approximate surface area is 121 Å². The van der Waals surface area contributed by atoms with Gasteiger partial charge in [-0.1, -0.05) is 13.8 Å². The highest BCUT2D eigenvalue weighted by atomic mass is 16.1. The molecule has 4 heteroatoms. The molecule has 3 unspecified atom stereocenters. The molecular weight excluding hydrogens is 250 g/mol. The zero-order chi connectivity index (χ0) is 14.9. The maximum absolute atomic E-state index is 12.5. The summed E-state index contributed by atoms with van der Waals surface area (Å²) in [6.07, 6.45) is 7.04. The highest BCUT2D eigenvalue weighted by molar-refractivity contribution is 5.33. The lowest BCUT2D eigenvalue weighted by molar-refractivity contribution is 0.275. The van der Waals surface area contributed by atoms with Crippen molar-refractivity contribution in [2.75, 3.05) is 5.32 Å². The van der Waals surface area contributed by atoms with E-state index in [0.29, 0.717) is 17.8 Å². The molecule has 1 heterocycles. The first-order chi connectivity index (χ1) is 9.29. The highest BCUT2D eigenvalue weighted by Gasteiger charge is 2.26. The first-order valence-electron chi connectivity index (χ1n) is 7.63. The molecule has 1 aliphatic carbocycles. The Kier molecular flexibility index (Phi) is 4.21. The lowest BCUT2D eigenvalue weighted by atomic mass is 9.80. The highest BCUT2D eigenvalue weighted by Crippen LogP contribution is 2.30. The molecule has 112 valence electrons. The molecule has 3 atom stereocenters.